The number of ketones is 2. The third-order valence-electron chi connectivity index (χ3n) is 3.22. The molecule has 0 spiro atoms. The quantitative estimate of drug-likeness (QED) is 0.483. The van der Waals surface area contributed by atoms with Gasteiger partial charge in [-0.05, 0) is 24.3 Å². The first-order chi connectivity index (χ1) is 10.9. The first kappa shape index (κ1) is 16.1. The summed E-state index contributed by atoms with van der Waals surface area (Å²) in [6.45, 7) is 0. The summed E-state index contributed by atoms with van der Waals surface area (Å²) in [5.74, 6) is -1.91. The number of phenols is 2. The Kier molecular flexibility index (Phi) is 4.66. The van der Waals surface area contributed by atoms with Crippen LogP contribution in [0, 0.1) is 10.8 Å². The Balaban J connectivity index is 2.13. The van der Waals surface area contributed by atoms with E-state index in [9.17, 15) is 19.8 Å². The molecule has 6 heteroatoms. The SMILES string of the molecule is N=C(CC(=O)c1ccccc1O)C(=N)C(=O)c1ccccc1O. The summed E-state index contributed by atoms with van der Waals surface area (Å²) < 4.78 is 0. The normalized spacial score (nSPS) is 10.1. The molecule has 2 aromatic carbocycles. The second-order valence-electron chi connectivity index (χ2n) is 4.82. The van der Waals surface area contributed by atoms with Crippen molar-refractivity contribution in [1.29, 1.82) is 10.8 Å². The van der Waals surface area contributed by atoms with Crippen molar-refractivity contribution in [1.82, 2.24) is 0 Å². The maximum Gasteiger partial charge on any atom is 0.216 e. The molecule has 0 aromatic heterocycles. The lowest BCUT2D eigenvalue weighted by molar-refractivity contribution is 0.0998. The number of hydrogen-bond donors (Lipinski definition) is 4. The molecule has 23 heavy (non-hydrogen) atoms. The van der Waals surface area contributed by atoms with E-state index in [1.54, 1.807) is 12.1 Å². The summed E-state index contributed by atoms with van der Waals surface area (Å²) >= 11 is 0. The number of para-hydroxylation sites is 2. The second kappa shape index (κ2) is 6.65. The smallest absolute Gasteiger partial charge is 0.216 e. The first-order valence-electron chi connectivity index (χ1n) is 6.72. The van der Waals surface area contributed by atoms with E-state index in [0.29, 0.717) is 0 Å². The van der Waals surface area contributed by atoms with E-state index in [-0.39, 0.29) is 22.6 Å². The number of carbonyl (C=O) groups is 2. The molecule has 0 aliphatic carbocycles. The van der Waals surface area contributed by atoms with Crippen molar-refractivity contribution >= 4 is 23.0 Å². The molecular weight excluding hydrogens is 296 g/mol. The van der Waals surface area contributed by atoms with E-state index in [1.807, 2.05) is 0 Å². The van der Waals surface area contributed by atoms with Crippen LogP contribution in [0.2, 0.25) is 0 Å². The summed E-state index contributed by atoms with van der Waals surface area (Å²) in [6.07, 6.45) is -0.490. The number of rotatable bonds is 6. The molecule has 0 bridgehead atoms. The zero-order valence-corrected chi connectivity index (χ0v) is 12.0. The van der Waals surface area contributed by atoms with Crippen LogP contribution in [0.15, 0.2) is 48.5 Å². The standard InChI is InChI=1S/C17H14N2O4/c18-12(9-15(22)10-5-1-3-7-13(10)20)16(19)17(23)11-6-2-4-8-14(11)21/h1-8,18-21H,9H2. The predicted octanol–water partition coefficient (Wildman–Crippen LogP) is 2.59. The van der Waals surface area contributed by atoms with E-state index in [4.69, 9.17) is 10.8 Å². The van der Waals surface area contributed by atoms with Gasteiger partial charge in [0, 0.05) is 0 Å². The Morgan fingerprint density at radius 1 is 0.826 bits per heavy atom. The van der Waals surface area contributed by atoms with Crippen LogP contribution in [0.5, 0.6) is 11.5 Å². The van der Waals surface area contributed by atoms with E-state index >= 15 is 0 Å². The van der Waals surface area contributed by atoms with Gasteiger partial charge in [-0.3, -0.25) is 15.0 Å². The van der Waals surface area contributed by atoms with Gasteiger partial charge in [0.2, 0.25) is 5.78 Å². The molecule has 0 atom stereocenters. The first-order valence-corrected chi connectivity index (χ1v) is 6.72. The van der Waals surface area contributed by atoms with Crippen molar-refractivity contribution in [3.05, 3.63) is 59.7 Å². The molecule has 0 aliphatic rings. The minimum atomic E-state index is -0.835. The highest BCUT2D eigenvalue weighted by atomic mass is 16.3. The van der Waals surface area contributed by atoms with Gasteiger partial charge < -0.3 is 15.6 Å². The molecule has 4 N–H and O–H groups in total. The highest BCUT2D eigenvalue weighted by Crippen LogP contribution is 2.19. The molecule has 116 valence electrons. The zero-order chi connectivity index (χ0) is 17.0. The van der Waals surface area contributed by atoms with Crippen LogP contribution in [0.25, 0.3) is 0 Å². The summed E-state index contributed by atoms with van der Waals surface area (Å²) in [7, 11) is 0. The molecule has 0 fully saturated rings. The average molecular weight is 310 g/mol. The van der Waals surface area contributed by atoms with Gasteiger partial charge in [-0.2, -0.15) is 0 Å². The Morgan fingerprint density at radius 3 is 1.83 bits per heavy atom. The summed E-state index contributed by atoms with van der Waals surface area (Å²) in [5.41, 5.74) is -1.22. The number of nitrogens with one attached hydrogen (secondary N) is 2. The molecule has 0 aliphatic heterocycles. The third kappa shape index (κ3) is 3.49. The summed E-state index contributed by atoms with van der Waals surface area (Å²) in [6, 6.07) is 11.6. The lowest BCUT2D eigenvalue weighted by Gasteiger charge is -2.07. The van der Waals surface area contributed by atoms with Crippen LogP contribution < -0.4 is 0 Å². The Hall–Kier alpha value is -3.28. The highest BCUT2D eigenvalue weighted by molar-refractivity contribution is 6.70. The van der Waals surface area contributed by atoms with Gasteiger partial charge in [-0.1, -0.05) is 24.3 Å². The van der Waals surface area contributed by atoms with Gasteiger partial charge in [-0.25, -0.2) is 0 Å². The van der Waals surface area contributed by atoms with Crippen LogP contribution in [0.1, 0.15) is 27.1 Å². The van der Waals surface area contributed by atoms with E-state index in [2.05, 4.69) is 0 Å². The lowest BCUT2D eigenvalue weighted by atomic mass is 9.97. The molecule has 6 nitrogen and oxygen atoms in total. The molecule has 0 radical (unpaired) electrons. The van der Waals surface area contributed by atoms with Gasteiger partial charge >= 0.3 is 0 Å². The number of hydrogen-bond acceptors (Lipinski definition) is 6. The largest absolute Gasteiger partial charge is 0.507 e. The predicted molar refractivity (Wildman–Crippen MR) is 84.9 cm³/mol. The van der Waals surface area contributed by atoms with E-state index < -0.39 is 29.4 Å². The topological polar surface area (TPSA) is 122 Å². The number of Topliss-reactive ketones (excluding diaryl/α,β-unsaturated/α-hetero) is 2. The van der Waals surface area contributed by atoms with Gasteiger partial charge in [0.05, 0.1) is 23.3 Å². The molecule has 0 saturated heterocycles. The van der Waals surface area contributed by atoms with Crippen LogP contribution in [-0.2, 0) is 0 Å². The van der Waals surface area contributed by atoms with Crippen LogP contribution in [0.4, 0.5) is 0 Å². The van der Waals surface area contributed by atoms with Gasteiger partial charge in [0.1, 0.15) is 17.2 Å². The molecule has 2 rings (SSSR count). The zero-order valence-electron chi connectivity index (χ0n) is 12.0. The molecule has 0 unspecified atom stereocenters. The summed E-state index contributed by atoms with van der Waals surface area (Å²) in [4.78, 5) is 24.2. The van der Waals surface area contributed by atoms with Crippen molar-refractivity contribution in [2.45, 2.75) is 6.42 Å². The molecular formula is C17H14N2O4. The fourth-order valence-electron chi connectivity index (χ4n) is 1.99. The minimum absolute atomic E-state index is 0.0278. The molecule has 0 heterocycles. The van der Waals surface area contributed by atoms with Crippen molar-refractivity contribution in [2.24, 2.45) is 0 Å². The van der Waals surface area contributed by atoms with E-state index in [0.717, 1.165) is 0 Å². The van der Waals surface area contributed by atoms with Crippen LogP contribution in [-0.4, -0.2) is 33.2 Å². The molecule has 0 amide bonds. The molecule has 0 saturated carbocycles. The third-order valence-corrected chi connectivity index (χ3v) is 3.22. The van der Waals surface area contributed by atoms with Gasteiger partial charge in [0.25, 0.3) is 0 Å². The Bertz CT molecular complexity index is 812. The maximum absolute atomic E-state index is 12.1. The number of phenolic OH excluding ortho intramolecular Hbond substituents is 2. The van der Waals surface area contributed by atoms with Crippen molar-refractivity contribution in [3.8, 4) is 11.5 Å². The second-order valence-corrected chi connectivity index (χ2v) is 4.82. The van der Waals surface area contributed by atoms with Gasteiger partial charge in [-0.15, -0.1) is 0 Å². The Labute approximate surface area is 132 Å². The number of carbonyl (C=O) groups excluding carboxylic acids is 2. The van der Waals surface area contributed by atoms with Crippen LogP contribution >= 0.6 is 0 Å². The van der Waals surface area contributed by atoms with Crippen molar-refractivity contribution in [3.63, 3.8) is 0 Å². The lowest BCUT2D eigenvalue weighted by Crippen LogP contribution is -2.25. The minimum Gasteiger partial charge on any atom is -0.507 e. The van der Waals surface area contributed by atoms with E-state index in [1.165, 1.54) is 36.4 Å². The monoisotopic (exact) mass is 310 g/mol. The summed E-state index contributed by atoms with van der Waals surface area (Å²) in [5, 5.41) is 34.7. The van der Waals surface area contributed by atoms with Crippen molar-refractivity contribution in [2.75, 3.05) is 0 Å². The highest BCUT2D eigenvalue weighted by Gasteiger charge is 2.22. The number of aromatic hydroxyl groups is 2. The fraction of sp³-hybridized carbons (Fsp3) is 0.0588. The molecule has 2 aromatic rings. The van der Waals surface area contributed by atoms with Crippen molar-refractivity contribution < 1.29 is 19.8 Å². The Morgan fingerprint density at radius 2 is 1.30 bits per heavy atom. The van der Waals surface area contributed by atoms with Crippen LogP contribution in [0.3, 0.4) is 0 Å². The average Bonchev–Trinajstić information content (AvgIpc) is 2.54. The number of benzene rings is 2. The van der Waals surface area contributed by atoms with Gasteiger partial charge in [0.15, 0.2) is 5.78 Å². The fourth-order valence-corrected chi connectivity index (χ4v) is 1.99. The maximum atomic E-state index is 12.1.